The Balaban J connectivity index is 1.96. The Kier molecular flexibility index (Phi) is 3.14. The van der Waals surface area contributed by atoms with Crippen LogP contribution in [-0.4, -0.2) is 5.11 Å². The molecular weight excluding hydrogens is 269 g/mol. The molecule has 0 amide bonds. The molecule has 0 fully saturated rings. The summed E-state index contributed by atoms with van der Waals surface area (Å²) in [5.41, 5.74) is 0.892. The van der Waals surface area contributed by atoms with Crippen molar-refractivity contribution in [3.05, 3.63) is 65.0 Å². The van der Waals surface area contributed by atoms with Crippen LogP contribution in [0.25, 0.3) is 0 Å². The molecule has 2 aromatic rings. The van der Waals surface area contributed by atoms with Crippen LogP contribution in [0.15, 0.2) is 36.4 Å². The molecule has 1 aliphatic heterocycles. The van der Waals surface area contributed by atoms with Crippen molar-refractivity contribution in [2.24, 2.45) is 0 Å². The number of hydrogen-bond donors (Lipinski definition) is 1. The first kappa shape index (κ1) is 13.0. The van der Waals surface area contributed by atoms with E-state index in [1.54, 1.807) is 0 Å². The van der Waals surface area contributed by atoms with Crippen molar-refractivity contribution in [1.29, 1.82) is 0 Å². The van der Waals surface area contributed by atoms with Gasteiger partial charge in [0.15, 0.2) is 11.6 Å². The molecular formula is C15H11F3O2. The summed E-state index contributed by atoms with van der Waals surface area (Å²) >= 11 is 0. The van der Waals surface area contributed by atoms with Gasteiger partial charge in [-0.25, -0.2) is 13.2 Å². The minimum atomic E-state index is -0.981. The van der Waals surface area contributed by atoms with Crippen LogP contribution in [0.2, 0.25) is 0 Å². The van der Waals surface area contributed by atoms with Gasteiger partial charge in [-0.05, 0) is 29.8 Å². The summed E-state index contributed by atoms with van der Waals surface area (Å²) in [6.07, 6.45) is -1.28. The lowest BCUT2D eigenvalue weighted by molar-refractivity contribution is 0.0652. The number of rotatable bonds is 1. The summed E-state index contributed by atoms with van der Waals surface area (Å²) in [4.78, 5) is 0. The zero-order chi connectivity index (χ0) is 14.3. The lowest BCUT2D eigenvalue weighted by Crippen LogP contribution is -2.19. The van der Waals surface area contributed by atoms with Crippen molar-refractivity contribution in [2.45, 2.75) is 18.6 Å². The summed E-state index contributed by atoms with van der Waals surface area (Å²) in [5.74, 6) is -2.19. The van der Waals surface area contributed by atoms with Crippen LogP contribution in [0, 0.1) is 17.5 Å². The third kappa shape index (κ3) is 2.25. The minimum absolute atomic E-state index is 0.198. The highest BCUT2D eigenvalue weighted by Crippen LogP contribution is 2.41. The molecule has 104 valence electrons. The van der Waals surface area contributed by atoms with Crippen LogP contribution in [0.1, 0.15) is 29.8 Å². The second kappa shape index (κ2) is 4.83. The molecule has 20 heavy (non-hydrogen) atoms. The molecule has 1 unspecified atom stereocenters. The summed E-state index contributed by atoms with van der Waals surface area (Å²) in [6, 6.07) is 7.28. The SMILES string of the molecule is O[C@@H]1CC(c2ccc(F)c(F)c2)Oc2cc(F)ccc21. The number of ether oxygens (including phenoxy) is 1. The van der Waals surface area contributed by atoms with Crippen molar-refractivity contribution in [1.82, 2.24) is 0 Å². The minimum Gasteiger partial charge on any atom is -0.485 e. The molecule has 1 aliphatic rings. The second-order valence-electron chi connectivity index (χ2n) is 4.71. The van der Waals surface area contributed by atoms with Gasteiger partial charge >= 0.3 is 0 Å². The first-order valence-electron chi connectivity index (χ1n) is 6.13. The summed E-state index contributed by atoms with van der Waals surface area (Å²) < 4.78 is 44.9. The molecule has 5 heteroatoms. The molecule has 1 N–H and O–H groups in total. The lowest BCUT2D eigenvalue weighted by Gasteiger charge is -2.30. The van der Waals surface area contributed by atoms with Crippen LogP contribution in [0.5, 0.6) is 5.75 Å². The van der Waals surface area contributed by atoms with E-state index < -0.39 is 29.7 Å². The summed E-state index contributed by atoms with van der Waals surface area (Å²) in [6.45, 7) is 0. The van der Waals surface area contributed by atoms with Crippen molar-refractivity contribution < 1.29 is 23.0 Å². The van der Waals surface area contributed by atoms with Gasteiger partial charge in [0.2, 0.25) is 0 Å². The van der Waals surface area contributed by atoms with E-state index in [9.17, 15) is 18.3 Å². The lowest BCUT2D eigenvalue weighted by atomic mass is 9.95. The van der Waals surface area contributed by atoms with Crippen molar-refractivity contribution in [3.8, 4) is 5.75 Å². The van der Waals surface area contributed by atoms with E-state index >= 15 is 0 Å². The largest absolute Gasteiger partial charge is 0.485 e. The van der Waals surface area contributed by atoms with E-state index in [4.69, 9.17) is 4.74 Å². The highest BCUT2D eigenvalue weighted by atomic mass is 19.2. The van der Waals surface area contributed by atoms with Gasteiger partial charge in [-0.2, -0.15) is 0 Å². The van der Waals surface area contributed by atoms with Gasteiger partial charge in [0.05, 0.1) is 6.10 Å². The fourth-order valence-corrected chi connectivity index (χ4v) is 2.33. The molecule has 2 aromatic carbocycles. The first-order chi connectivity index (χ1) is 9.54. The molecule has 0 aromatic heterocycles. The molecule has 0 saturated carbocycles. The average Bonchev–Trinajstić information content (AvgIpc) is 2.41. The molecule has 0 spiro atoms. The van der Waals surface area contributed by atoms with Gasteiger partial charge in [-0.1, -0.05) is 6.07 Å². The van der Waals surface area contributed by atoms with Gasteiger partial charge in [0, 0.05) is 18.1 Å². The van der Waals surface area contributed by atoms with Gasteiger partial charge in [0.1, 0.15) is 17.7 Å². The quantitative estimate of drug-likeness (QED) is 0.863. The van der Waals surface area contributed by atoms with Gasteiger partial charge in [0.25, 0.3) is 0 Å². The number of benzene rings is 2. The fourth-order valence-electron chi connectivity index (χ4n) is 2.33. The third-order valence-corrected chi connectivity index (χ3v) is 3.36. The Hall–Kier alpha value is -2.01. The number of aliphatic hydroxyl groups is 1. The normalized spacial score (nSPS) is 21.2. The zero-order valence-corrected chi connectivity index (χ0v) is 10.3. The fraction of sp³-hybridized carbons (Fsp3) is 0.200. The maximum Gasteiger partial charge on any atom is 0.159 e. The Morgan fingerprint density at radius 2 is 1.80 bits per heavy atom. The summed E-state index contributed by atoms with van der Waals surface area (Å²) in [7, 11) is 0. The van der Waals surface area contributed by atoms with Gasteiger partial charge in [-0.15, -0.1) is 0 Å². The monoisotopic (exact) mass is 280 g/mol. The number of halogens is 3. The van der Waals surface area contributed by atoms with Crippen LogP contribution in [0.4, 0.5) is 13.2 Å². The molecule has 0 aliphatic carbocycles. The van der Waals surface area contributed by atoms with Crippen molar-refractivity contribution >= 4 is 0 Å². The summed E-state index contributed by atoms with van der Waals surface area (Å²) in [5, 5.41) is 10.0. The highest BCUT2D eigenvalue weighted by Gasteiger charge is 2.28. The average molecular weight is 280 g/mol. The first-order valence-corrected chi connectivity index (χ1v) is 6.13. The number of fused-ring (bicyclic) bond motifs is 1. The standard InChI is InChI=1S/C15H11F3O2/c16-9-2-3-10-13(19)7-14(20-15(10)6-9)8-1-4-11(17)12(18)5-8/h1-6,13-14,19H,7H2/t13-,14?/m1/s1. The van der Waals surface area contributed by atoms with Crippen LogP contribution in [-0.2, 0) is 0 Å². The molecule has 2 nitrogen and oxygen atoms in total. The Morgan fingerprint density at radius 3 is 2.55 bits per heavy atom. The van der Waals surface area contributed by atoms with E-state index in [0.717, 1.165) is 12.1 Å². The second-order valence-corrected chi connectivity index (χ2v) is 4.71. The van der Waals surface area contributed by atoms with Crippen molar-refractivity contribution in [2.75, 3.05) is 0 Å². The van der Waals surface area contributed by atoms with E-state index in [0.29, 0.717) is 11.1 Å². The maximum atomic E-state index is 13.2. The zero-order valence-electron chi connectivity index (χ0n) is 10.3. The Morgan fingerprint density at radius 1 is 1.00 bits per heavy atom. The predicted molar refractivity (Wildman–Crippen MR) is 65.7 cm³/mol. The van der Waals surface area contributed by atoms with Crippen LogP contribution >= 0.6 is 0 Å². The molecule has 2 atom stereocenters. The number of aliphatic hydroxyl groups excluding tert-OH is 1. The molecule has 0 bridgehead atoms. The number of hydrogen-bond acceptors (Lipinski definition) is 2. The molecule has 3 rings (SSSR count). The maximum absolute atomic E-state index is 13.2. The van der Waals surface area contributed by atoms with E-state index in [1.165, 1.54) is 24.3 Å². The van der Waals surface area contributed by atoms with E-state index in [1.807, 2.05) is 0 Å². The topological polar surface area (TPSA) is 29.5 Å². The molecule has 0 radical (unpaired) electrons. The molecule has 1 heterocycles. The smallest absolute Gasteiger partial charge is 0.159 e. The predicted octanol–water partition coefficient (Wildman–Crippen LogP) is 3.66. The third-order valence-electron chi connectivity index (χ3n) is 3.36. The van der Waals surface area contributed by atoms with Crippen LogP contribution in [0.3, 0.4) is 0 Å². The van der Waals surface area contributed by atoms with E-state index in [2.05, 4.69) is 0 Å². The Labute approximate surface area is 113 Å². The Bertz CT molecular complexity index is 658. The highest BCUT2D eigenvalue weighted by molar-refractivity contribution is 5.39. The van der Waals surface area contributed by atoms with Crippen molar-refractivity contribution in [3.63, 3.8) is 0 Å². The molecule has 0 saturated heterocycles. The van der Waals surface area contributed by atoms with E-state index in [-0.39, 0.29) is 12.2 Å². The van der Waals surface area contributed by atoms with Gasteiger partial charge in [-0.3, -0.25) is 0 Å². The van der Waals surface area contributed by atoms with Crippen LogP contribution < -0.4 is 4.74 Å². The van der Waals surface area contributed by atoms with Gasteiger partial charge < -0.3 is 9.84 Å².